The van der Waals surface area contributed by atoms with Crippen molar-refractivity contribution in [3.8, 4) is 0 Å². The molecule has 0 aliphatic carbocycles. The zero-order valence-corrected chi connectivity index (χ0v) is 10.1. The van der Waals surface area contributed by atoms with Crippen molar-refractivity contribution in [2.24, 2.45) is 0 Å². The topological polar surface area (TPSA) is 75.6 Å². The van der Waals surface area contributed by atoms with E-state index in [0.717, 1.165) is 0 Å². The van der Waals surface area contributed by atoms with Crippen LogP contribution in [0.3, 0.4) is 0 Å². The lowest BCUT2D eigenvalue weighted by atomic mass is 10.1. The van der Waals surface area contributed by atoms with E-state index in [0.29, 0.717) is 0 Å². The van der Waals surface area contributed by atoms with Gasteiger partial charge in [-0.25, -0.2) is 14.0 Å². The molecular weight excluding hydrogens is 253 g/mol. The van der Waals surface area contributed by atoms with Gasteiger partial charge in [-0.1, -0.05) is 30.9 Å². The molecule has 0 spiro atoms. The number of carbonyl (C=O) groups excluding carboxylic acids is 1. The van der Waals surface area contributed by atoms with Crippen molar-refractivity contribution in [2.45, 2.75) is 12.5 Å². The van der Waals surface area contributed by atoms with E-state index in [1.165, 1.54) is 24.3 Å². The first-order chi connectivity index (χ1) is 9.04. The minimum absolute atomic E-state index is 0.0299. The Balaban J connectivity index is 2.68. The van der Waals surface area contributed by atoms with Gasteiger partial charge in [0.05, 0.1) is 0 Å². The van der Waals surface area contributed by atoms with Gasteiger partial charge >= 0.3 is 12.1 Å². The second-order valence-corrected chi connectivity index (χ2v) is 3.72. The molecule has 0 aromatic heterocycles. The van der Waals surface area contributed by atoms with Crippen LogP contribution in [0.15, 0.2) is 36.9 Å². The average molecular weight is 267 g/mol. The van der Waals surface area contributed by atoms with Gasteiger partial charge in [0.2, 0.25) is 0 Å². The summed E-state index contributed by atoms with van der Waals surface area (Å²) in [6.45, 7) is 3.33. The second-order valence-electron chi connectivity index (χ2n) is 3.72. The number of rotatable bonds is 6. The first kappa shape index (κ1) is 14.7. The lowest BCUT2D eigenvalue weighted by Gasteiger charge is -2.14. The molecule has 0 saturated carbocycles. The van der Waals surface area contributed by atoms with Crippen molar-refractivity contribution < 1.29 is 23.8 Å². The highest BCUT2D eigenvalue weighted by molar-refractivity contribution is 5.80. The molecule has 1 rings (SSSR count). The lowest BCUT2D eigenvalue weighted by molar-refractivity contribution is -0.139. The van der Waals surface area contributed by atoms with Crippen molar-refractivity contribution in [2.75, 3.05) is 6.61 Å². The Labute approximate surface area is 109 Å². The van der Waals surface area contributed by atoms with Crippen LogP contribution < -0.4 is 5.32 Å². The average Bonchev–Trinajstić information content (AvgIpc) is 2.38. The van der Waals surface area contributed by atoms with Gasteiger partial charge in [0.25, 0.3) is 0 Å². The smallest absolute Gasteiger partial charge is 0.408 e. The minimum Gasteiger partial charge on any atom is -0.480 e. The van der Waals surface area contributed by atoms with Crippen LogP contribution in [-0.2, 0) is 16.0 Å². The van der Waals surface area contributed by atoms with Crippen LogP contribution in [0.1, 0.15) is 5.56 Å². The fourth-order valence-corrected chi connectivity index (χ4v) is 1.40. The Kier molecular flexibility index (Phi) is 5.53. The number of aliphatic carboxylic acids is 1. The predicted molar refractivity (Wildman–Crippen MR) is 66.2 cm³/mol. The Morgan fingerprint density at radius 3 is 2.74 bits per heavy atom. The third-order valence-corrected chi connectivity index (χ3v) is 2.30. The summed E-state index contributed by atoms with van der Waals surface area (Å²) in [6, 6.07) is 4.52. The Hall–Kier alpha value is -2.37. The summed E-state index contributed by atoms with van der Waals surface area (Å²) in [6.07, 6.45) is 0.306. The highest BCUT2D eigenvalue weighted by atomic mass is 19.1. The number of carboxylic acids is 1. The van der Waals surface area contributed by atoms with Crippen molar-refractivity contribution in [3.63, 3.8) is 0 Å². The number of benzene rings is 1. The third-order valence-electron chi connectivity index (χ3n) is 2.30. The van der Waals surface area contributed by atoms with E-state index in [4.69, 9.17) is 5.11 Å². The van der Waals surface area contributed by atoms with E-state index < -0.39 is 23.9 Å². The number of alkyl carbamates (subject to hydrolysis) is 1. The molecule has 19 heavy (non-hydrogen) atoms. The lowest BCUT2D eigenvalue weighted by Crippen LogP contribution is -2.42. The Morgan fingerprint density at radius 2 is 2.16 bits per heavy atom. The summed E-state index contributed by atoms with van der Waals surface area (Å²) in [7, 11) is 0. The first-order valence-corrected chi connectivity index (χ1v) is 5.55. The van der Waals surface area contributed by atoms with Gasteiger partial charge in [-0.3, -0.25) is 0 Å². The van der Waals surface area contributed by atoms with Crippen LogP contribution in [0.4, 0.5) is 9.18 Å². The summed E-state index contributed by atoms with van der Waals surface area (Å²) in [4.78, 5) is 22.3. The summed E-state index contributed by atoms with van der Waals surface area (Å²) in [5.41, 5.74) is 0.207. The fraction of sp³-hybridized carbons (Fsp3) is 0.231. The molecule has 5 nitrogen and oxygen atoms in total. The molecule has 0 fully saturated rings. The summed E-state index contributed by atoms with van der Waals surface area (Å²) >= 11 is 0. The van der Waals surface area contributed by atoms with Gasteiger partial charge in [-0.05, 0) is 11.6 Å². The number of hydrogen-bond donors (Lipinski definition) is 2. The van der Waals surface area contributed by atoms with Gasteiger partial charge in [0, 0.05) is 6.42 Å². The molecule has 0 aliphatic rings. The predicted octanol–water partition coefficient (Wildman–Crippen LogP) is 1.73. The summed E-state index contributed by atoms with van der Waals surface area (Å²) in [5.74, 6) is -1.78. The molecule has 6 heteroatoms. The van der Waals surface area contributed by atoms with Gasteiger partial charge in [-0.15, -0.1) is 0 Å². The molecule has 0 heterocycles. The molecule has 102 valence electrons. The SMILES string of the molecule is C=CCOC(=O)N[C@@H](Cc1ccccc1F)C(=O)O. The summed E-state index contributed by atoms with van der Waals surface area (Å²) in [5, 5.41) is 11.1. The van der Waals surface area contributed by atoms with Crippen molar-refractivity contribution in [1.82, 2.24) is 5.32 Å². The first-order valence-electron chi connectivity index (χ1n) is 5.55. The fourth-order valence-electron chi connectivity index (χ4n) is 1.40. The normalized spacial score (nSPS) is 11.4. The maximum absolute atomic E-state index is 13.4. The van der Waals surface area contributed by atoms with E-state index in [1.807, 2.05) is 0 Å². The van der Waals surface area contributed by atoms with Crippen molar-refractivity contribution in [1.29, 1.82) is 0 Å². The molecule has 1 amide bonds. The standard InChI is InChI=1S/C13H14FNO4/c1-2-7-19-13(18)15-11(12(16)17)8-9-5-3-4-6-10(9)14/h2-6,11H,1,7-8H2,(H,15,18)(H,16,17)/t11-/m0/s1. The van der Waals surface area contributed by atoms with Crippen LogP contribution in [-0.4, -0.2) is 29.8 Å². The molecule has 0 radical (unpaired) electrons. The van der Waals surface area contributed by atoms with Gasteiger partial charge < -0.3 is 15.2 Å². The molecule has 1 aromatic carbocycles. The number of carboxylic acid groups (broad SMARTS) is 1. The van der Waals surface area contributed by atoms with E-state index >= 15 is 0 Å². The molecule has 1 atom stereocenters. The van der Waals surface area contributed by atoms with E-state index in [1.54, 1.807) is 6.07 Å². The highest BCUT2D eigenvalue weighted by Gasteiger charge is 2.22. The van der Waals surface area contributed by atoms with Crippen molar-refractivity contribution >= 4 is 12.1 Å². The molecule has 0 saturated heterocycles. The van der Waals surface area contributed by atoms with Crippen LogP contribution in [0.2, 0.25) is 0 Å². The maximum Gasteiger partial charge on any atom is 0.408 e. The van der Waals surface area contributed by atoms with E-state index in [-0.39, 0.29) is 18.6 Å². The second kappa shape index (κ2) is 7.15. The zero-order valence-electron chi connectivity index (χ0n) is 10.1. The molecule has 0 aliphatic heterocycles. The minimum atomic E-state index is -1.26. The number of ether oxygens (including phenoxy) is 1. The monoisotopic (exact) mass is 267 g/mol. The zero-order chi connectivity index (χ0) is 14.3. The molecule has 1 aromatic rings. The van der Waals surface area contributed by atoms with Crippen LogP contribution in [0.25, 0.3) is 0 Å². The maximum atomic E-state index is 13.4. The molecule has 0 unspecified atom stereocenters. The molecule has 2 N–H and O–H groups in total. The number of nitrogens with one attached hydrogen (secondary N) is 1. The molecule has 0 bridgehead atoms. The van der Waals surface area contributed by atoms with Gasteiger partial charge in [-0.2, -0.15) is 0 Å². The largest absolute Gasteiger partial charge is 0.480 e. The van der Waals surface area contributed by atoms with Gasteiger partial charge in [0.15, 0.2) is 0 Å². The number of halogens is 1. The van der Waals surface area contributed by atoms with E-state index in [9.17, 15) is 14.0 Å². The third kappa shape index (κ3) is 4.79. The number of carbonyl (C=O) groups is 2. The van der Waals surface area contributed by atoms with Gasteiger partial charge in [0.1, 0.15) is 18.5 Å². The van der Waals surface area contributed by atoms with Crippen molar-refractivity contribution in [3.05, 3.63) is 48.3 Å². The quantitative estimate of drug-likeness (QED) is 0.770. The summed E-state index contributed by atoms with van der Waals surface area (Å²) < 4.78 is 18.0. The van der Waals surface area contributed by atoms with Crippen LogP contribution in [0, 0.1) is 5.82 Å². The Bertz CT molecular complexity index is 475. The molecular formula is C13H14FNO4. The van der Waals surface area contributed by atoms with Crippen LogP contribution in [0.5, 0.6) is 0 Å². The van der Waals surface area contributed by atoms with Crippen LogP contribution >= 0.6 is 0 Å². The highest BCUT2D eigenvalue weighted by Crippen LogP contribution is 2.09. The Morgan fingerprint density at radius 1 is 1.47 bits per heavy atom. The number of amides is 1. The van der Waals surface area contributed by atoms with E-state index in [2.05, 4.69) is 16.6 Å². The number of hydrogen-bond acceptors (Lipinski definition) is 3.